The average Bonchev–Trinajstić information content (AvgIpc) is 2.86. The third-order valence-corrected chi connectivity index (χ3v) is 7.85. The van der Waals surface area contributed by atoms with Gasteiger partial charge in [-0.1, -0.05) is 45.7 Å². The normalized spacial score (nSPS) is 18.3. The van der Waals surface area contributed by atoms with E-state index in [-0.39, 0.29) is 5.91 Å². The molecule has 2 fully saturated rings. The van der Waals surface area contributed by atoms with E-state index in [0.717, 1.165) is 87.1 Å². The maximum absolute atomic E-state index is 12.9. The maximum atomic E-state index is 12.9. The Morgan fingerprint density at radius 2 is 1.59 bits per heavy atom. The molecule has 0 atom stereocenters. The summed E-state index contributed by atoms with van der Waals surface area (Å²) >= 11 is 9.76. The SMILES string of the molecule is COc1ccccc1CN1CCN(C(=O)CN2CCN(CCc3cc(Cl)ccc3Br)CC2)CC1. The van der Waals surface area contributed by atoms with Crippen LogP contribution in [0.5, 0.6) is 5.75 Å². The van der Waals surface area contributed by atoms with Crippen LogP contribution in [-0.2, 0) is 17.8 Å². The number of carbonyl (C=O) groups excluding carboxylic acids is 1. The molecule has 4 rings (SSSR count). The van der Waals surface area contributed by atoms with Crippen molar-refractivity contribution in [1.82, 2.24) is 19.6 Å². The van der Waals surface area contributed by atoms with Crippen molar-refractivity contribution < 1.29 is 9.53 Å². The molecule has 2 aliphatic rings. The lowest BCUT2D eigenvalue weighted by atomic mass is 10.1. The maximum Gasteiger partial charge on any atom is 0.236 e. The highest BCUT2D eigenvalue weighted by Crippen LogP contribution is 2.22. The van der Waals surface area contributed by atoms with E-state index in [1.54, 1.807) is 7.11 Å². The van der Waals surface area contributed by atoms with Crippen molar-refractivity contribution in [3.63, 3.8) is 0 Å². The van der Waals surface area contributed by atoms with Crippen LogP contribution < -0.4 is 4.74 Å². The summed E-state index contributed by atoms with van der Waals surface area (Å²) in [7, 11) is 1.72. The minimum atomic E-state index is 0.258. The topological polar surface area (TPSA) is 39.3 Å². The molecule has 2 heterocycles. The lowest BCUT2D eigenvalue weighted by molar-refractivity contribution is -0.134. The average molecular weight is 550 g/mol. The number of para-hydroxylation sites is 1. The molecule has 2 aromatic carbocycles. The monoisotopic (exact) mass is 548 g/mol. The molecule has 184 valence electrons. The van der Waals surface area contributed by atoms with Gasteiger partial charge in [0.05, 0.1) is 13.7 Å². The van der Waals surface area contributed by atoms with Crippen LogP contribution in [0.4, 0.5) is 0 Å². The number of ether oxygens (including phenoxy) is 1. The van der Waals surface area contributed by atoms with Crippen molar-refractivity contribution in [2.75, 3.05) is 72.6 Å². The fraction of sp³-hybridized carbons (Fsp3) is 0.500. The lowest BCUT2D eigenvalue weighted by Gasteiger charge is -2.38. The van der Waals surface area contributed by atoms with Gasteiger partial charge in [0, 0.05) is 80.5 Å². The van der Waals surface area contributed by atoms with Crippen molar-refractivity contribution in [2.45, 2.75) is 13.0 Å². The zero-order valence-corrected chi connectivity index (χ0v) is 22.2. The van der Waals surface area contributed by atoms with Gasteiger partial charge in [-0.25, -0.2) is 0 Å². The Kier molecular flexibility index (Phi) is 9.25. The van der Waals surface area contributed by atoms with Gasteiger partial charge in [0.25, 0.3) is 0 Å². The third-order valence-electron chi connectivity index (χ3n) is 6.84. The van der Waals surface area contributed by atoms with Crippen LogP contribution in [0.25, 0.3) is 0 Å². The first-order chi connectivity index (χ1) is 16.5. The Hall–Kier alpha value is -1.64. The first-order valence-corrected chi connectivity index (χ1v) is 13.2. The van der Waals surface area contributed by atoms with Gasteiger partial charge >= 0.3 is 0 Å². The van der Waals surface area contributed by atoms with Crippen LogP contribution in [-0.4, -0.2) is 98.1 Å². The molecule has 0 radical (unpaired) electrons. The van der Waals surface area contributed by atoms with Crippen LogP contribution in [0.15, 0.2) is 46.9 Å². The van der Waals surface area contributed by atoms with Gasteiger partial charge in [0.1, 0.15) is 5.75 Å². The van der Waals surface area contributed by atoms with Crippen molar-refractivity contribution in [3.05, 3.63) is 63.1 Å². The summed E-state index contributed by atoms with van der Waals surface area (Å²) in [5, 5.41) is 0.780. The second kappa shape index (κ2) is 12.4. The summed E-state index contributed by atoms with van der Waals surface area (Å²) in [4.78, 5) is 22.1. The highest BCUT2D eigenvalue weighted by atomic mass is 79.9. The number of rotatable bonds is 8. The number of halogens is 2. The molecule has 8 heteroatoms. The van der Waals surface area contributed by atoms with Gasteiger partial charge in [-0.05, 0) is 36.2 Å². The number of piperazine rings is 2. The van der Waals surface area contributed by atoms with E-state index in [2.05, 4.69) is 36.7 Å². The van der Waals surface area contributed by atoms with Gasteiger partial charge in [-0.15, -0.1) is 0 Å². The summed E-state index contributed by atoms with van der Waals surface area (Å²) in [6.07, 6.45) is 0.971. The highest BCUT2D eigenvalue weighted by molar-refractivity contribution is 9.10. The van der Waals surface area contributed by atoms with Crippen LogP contribution >= 0.6 is 27.5 Å². The molecule has 0 spiro atoms. The van der Waals surface area contributed by atoms with E-state index >= 15 is 0 Å². The summed E-state index contributed by atoms with van der Waals surface area (Å²) in [5.41, 5.74) is 2.44. The Bertz CT molecular complexity index is 960. The zero-order valence-electron chi connectivity index (χ0n) is 19.9. The first kappa shape index (κ1) is 25.5. The Morgan fingerprint density at radius 3 is 2.32 bits per heavy atom. The third kappa shape index (κ3) is 6.95. The molecule has 6 nitrogen and oxygen atoms in total. The lowest BCUT2D eigenvalue weighted by Crippen LogP contribution is -2.53. The Labute approximate surface area is 216 Å². The predicted octanol–water partition coefficient (Wildman–Crippen LogP) is 3.62. The van der Waals surface area contributed by atoms with Crippen molar-refractivity contribution >= 4 is 33.4 Å². The van der Waals surface area contributed by atoms with Crippen LogP contribution in [0.2, 0.25) is 5.02 Å². The minimum Gasteiger partial charge on any atom is -0.496 e. The van der Waals surface area contributed by atoms with Gasteiger partial charge < -0.3 is 14.5 Å². The number of nitrogens with zero attached hydrogens (tertiary/aromatic N) is 4. The molecule has 2 saturated heterocycles. The summed E-state index contributed by atoms with van der Waals surface area (Å²) in [5.74, 6) is 1.19. The standard InChI is InChI=1S/C26H34BrClN4O2/c1-34-25-5-3-2-4-22(25)19-30-14-16-32(17-15-30)26(33)20-31-12-10-29(11-13-31)9-8-21-18-23(28)6-7-24(21)27/h2-7,18H,8-17,19-20H2,1H3. The highest BCUT2D eigenvalue weighted by Gasteiger charge is 2.25. The molecular weight excluding hydrogens is 516 g/mol. The van der Waals surface area contributed by atoms with Gasteiger partial charge in [0.15, 0.2) is 0 Å². The molecule has 2 aromatic rings. The largest absolute Gasteiger partial charge is 0.496 e. The number of methoxy groups -OCH3 is 1. The zero-order chi connectivity index (χ0) is 23.9. The van der Waals surface area contributed by atoms with Crippen LogP contribution in [0.3, 0.4) is 0 Å². The van der Waals surface area contributed by atoms with E-state index in [1.165, 1.54) is 11.1 Å². The molecule has 1 amide bonds. The Morgan fingerprint density at radius 1 is 0.912 bits per heavy atom. The van der Waals surface area contributed by atoms with Gasteiger partial charge in [-0.3, -0.25) is 14.6 Å². The molecule has 0 aromatic heterocycles. The van der Waals surface area contributed by atoms with Crippen molar-refractivity contribution in [1.29, 1.82) is 0 Å². The predicted molar refractivity (Wildman–Crippen MR) is 141 cm³/mol. The number of hydrogen-bond donors (Lipinski definition) is 0. The summed E-state index contributed by atoms with van der Waals surface area (Å²) < 4.78 is 6.59. The smallest absolute Gasteiger partial charge is 0.236 e. The number of hydrogen-bond acceptors (Lipinski definition) is 5. The van der Waals surface area contributed by atoms with Crippen molar-refractivity contribution in [3.8, 4) is 5.75 Å². The van der Waals surface area contributed by atoms with E-state index in [9.17, 15) is 4.79 Å². The van der Waals surface area contributed by atoms with E-state index in [0.29, 0.717) is 6.54 Å². The number of carbonyl (C=O) groups is 1. The minimum absolute atomic E-state index is 0.258. The number of benzene rings is 2. The van der Waals surface area contributed by atoms with Gasteiger partial charge in [-0.2, -0.15) is 0 Å². The summed E-state index contributed by atoms with van der Waals surface area (Å²) in [6, 6.07) is 14.1. The van der Waals surface area contributed by atoms with Gasteiger partial charge in [0.2, 0.25) is 5.91 Å². The second-order valence-electron chi connectivity index (χ2n) is 9.07. The first-order valence-electron chi connectivity index (χ1n) is 12.0. The fourth-order valence-corrected chi connectivity index (χ4v) is 5.35. The fourth-order valence-electron chi connectivity index (χ4n) is 4.71. The molecule has 0 aliphatic carbocycles. The molecule has 34 heavy (non-hydrogen) atoms. The molecule has 0 unspecified atom stereocenters. The molecular formula is C26H34BrClN4O2. The molecule has 0 saturated carbocycles. The van der Waals surface area contributed by atoms with Crippen molar-refractivity contribution in [2.24, 2.45) is 0 Å². The number of amides is 1. The van der Waals surface area contributed by atoms with E-state index in [4.69, 9.17) is 16.3 Å². The molecule has 2 aliphatic heterocycles. The summed E-state index contributed by atoms with van der Waals surface area (Å²) in [6.45, 7) is 9.66. The van der Waals surface area contributed by atoms with Crippen LogP contribution in [0, 0.1) is 0 Å². The van der Waals surface area contributed by atoms with Crippen LogP contribution in [0.1, 0.15) is 11.1 Å². The second-order valence-corrected chi connectivity index (χ2v) is 10.4. The Balaban J connectivity index is 1.16. The van der Waals surface area contributed by atoms with E-state index < -0.39 is 0 Å². The molecule has 0 bridgehead atoms. The van der Waals surface area contributed by atoms with E-state index in [1.807, 2.05) is 41.3 Å². The molecule has 0 N–H and O–H groups in total. The quantitative estimate of drug-likeness (QED) is 0.503.